The third-order valence-corrected chi connectivity index (χ3v) is 13.3. The fourth-order valence-electron chi connectivity index (χ4n) is 5.99. The SMILES string of the molecule is CCCCCCCCCC(O)CC(=O)SCCNC(=O)CCNC(=O)[C@H](O)C(C)(C)COP(=O)(O)OP(=O)(O)OC[C@H]1O[C@H](n2cnc3c(N)ncnc32)[C@H](O)[C@@H]1OP(=O)(O)O. The van der Waals surface area contributed by atoms with Crippen molar-refractivity contribution in [3.8, 4) is 0 Å². The molecule has 2 aromatic rings. The lowest BCUT2D eigenvalue weighted by Gasteiger charge is -2.30. The van der Waals surface area contributed by atoms with Crippen LogP contribution in [-0.4, -0.2) is 134 Å². The van der Waals surface area contributed by atoms with Gasteiger partial charge in [-0.2, -0.15) is 4.31 Å². The van der Waals surface area contributed by atoms with E-state index in [-0.39, 0.29) is 53.8 Å². The van der Waals surface area contributed by atoms with Crippen molar-refractivity contribution in [2.24, 2.45) is 5.41 Å². The molecule has 25 nitrogen and oxygen atoms in total. The molecule has 2 amide bonds. The van der Waals surface area contributed by atoms with Gasteiger partial charge in [-0.3, -0.25) is 32.5 Å². The number of fused-ring (bicyclic) bond motifs is 1. The van der Waals surface area contributed by atoms with E-state index in [1.54, 1.807) is 0 Å². The zero-order valence-corrected chi connectivity index (χ0v) is 38.0. The molecule has 1 fully saturated rings. The van der Waals surface area contributed by atoms with Crippen LogP contribution in [0.25, 0.3) is 11.2 Å². The second-order valence-corrected chi connectivity index (χ2v) is 20.4. The number of nitrogens with two attached hydrogens (primary N) is 1. The topological polar surface area (TPSA) is 384 Å². The van der Waals surface area contributed by atoms with Gasteiger partial charge in [0.05, 0.1) is 25.6 Å². The van der Waals surface area contributed by atoms with Crippen molar-refractivity contribution in [3.05, 3.63) is 12.7 Å². The first kappa shape index (κ1) is 53.9. The van der Waals surface area contributed by atoms with Crippen LogP contribution in [-0.2, 0) is 50.7 Å². The summed E-state index contributed by atoms with van der Waals surface area (Å²) < 4.78 is 62.3. The Bertz CT molecular complexity index is 1920. The summed E-state index contributed by atoms with van der Waals surface area (Å²) in [5.74, 6) is -1.22. The molecule has 0 radical (unpaired) electrons. The quantitative estimate of drug-likeness (QED) is 0.0408. The number of unbranched alkanes of at least 4 members (excludes halogenated alkanes) is 6. The molecule has 1 saturated heterocycles. The molecular formula is C33H58N7O18P3S. The van der Waals surface area contributed by atoms with Gasteiger partial charge in [-0.1, -0.05) is 77.5 Å². The molecule has 8 atom stereocenters. The van der Waals surface area contributed by atoms with Crippen LogP contribution in [0, 0.1) is 5.41 Å². The van der Waals surface area contributed by atoms with Crippen molar-refractivity contribution >= 4 is 69.1 Å². The lowest BCUT2D eigenvalue weighted by atomic mass is 9.87. The number of rotatable bonds is 29. The number of aliphatic hydroxyl groups excluding tert-OH is 3. The van der Waals surface area contributed by atoms with E-state index in [1.165, 1.54) is 39.5 Å². The van der Waals surface area contributed by atoms with Crippen LogP contribution in [0.2, 0.25) is 0 Å². The van der Waals surface area contributed by atoms with Crippen molar-refractivity contribution in [1.82, 2.24) is 30.2 Å². The summed E-state index contributed by atoms with van der Waals surface area (Å²) in [7, 11) is -16.4. The van der Waals surface area contributed by atoms with Gasteiger partial charge in [0, 0.05) is 37.1 Å². The number of thioether (sulfide) groups is 1. The standard InChI is InChI=1S/C33H58N7O18P3S/c1-4-5-6-7-8-9-10-11-21(41)16-24(43)62-15-14-35-23(42)12-13-36-31(46)28(45)33(2,3)18-55-61(52,53)58-60(50,51)54-17-22-27(57-59(47,48)49)26(44)32(56-22)40-20-39-25-29(34)37-19-38-30(25)40/h19-22,26-28,32,41,44-45H,4-18H2,1-3H3,(H,35,42)(H,36,46)(H,50,51)(H,52,53)(H2,34,37,38)(H2,47,48,49)/t21?,22-,26-,27-,28+,32+/m1/s1. The molecule has 0 spiro atoms. The Hall–Kier alpha value is -2.48. The minimum Gasteiger partial charge on any atom is -0.393 e. The number of imidazole rings is 1. The van der Waals surface area contributed by atoms with Crippen LogP contribution in [0.15, 0.2) is 12.7 Å². The maximum Gasteiger partial charge on any atom is 0.481 e. The predicted octanol–water partition coefficient (Wildman–Crippen LogP) is 1.56. The average Bonchev–Trinajstić information content (AvgIpc) is 3.74. The molecule has 1 aliphatic heterocycles. The number of carbonyl (C=O) groups excluding carboxylic acids is 3. The summed E-state index contributed by atoms with van der Waals surface area (Å²) in [6.07, 6.45) is 0.648. The number of nitrogens with zero attached hydrogens (tertiary/aromatic N) is 4. The smallest absolute Gasteiger partial charge is 0.393 e. The van der Waals surface area contributed by atoms with Crippen molar-refractivity contribution in [2.45, 2.75) is 122 Å². The second kappa shape index (κ2) is 24.7. The van der Waals surface area contributed by atoms with Crippen LogP contribution in [0.4, 0.5) is 5.82 Å². The van der Waals surface area contributed by atoms with E-state index in [0.717, 1.165) is 48.2 Å². The molecule has 11 N–H and O–H groups in total. The highest BCUT2D eigenvalue weighted by molar-refractivity contribution is 8.13. The molecule has 2 aromatic heterocycles. The Morgan fingerprint density at radius 3 is 2.31 bits per heavy atom. The number of anilines is 1. The minimum absolute atomic E-state index is 0.0241. The van der Waals surface area contributed by atoms with Gasteiger partial charge in [-0.25, -0.2) is 28.6 Å². The van der Waals surface area contributed by atoms with Crippen molar-refractivity contribution in [3.63, 3.8) is 0 Å². The third kappa shape index (κ3) is 18.2. The Labute approximate surface area is 361 Å². The van der Waals surface area contributed by atoms with Crippen LogP contribution in [0.5, 0.6) is 0 Å². The lowest BCUT2D eigenvalue weighted by molar-refractivity contribution is -0.137. The second-order valence-electron chi connectivity index (χ2n) is 15.1. The summed E-state index contributed by atoms with van der Waals surface area (Å²) in [5, 5.41) is 36.4. The normalized spacial score (nSPS) is 21.3. The molecule has 3 unspecified atom stereocenters. The Kier molecular flexibility index (Phi) is 21.5. The number of phosphoric acid groups is 3. The third-order valence-electron chi connectivity index (χ3n) is 9.31. The Morgan fingerprint density at radius 2 is 1.63 bits per heavy atom. The van der Waals surface area contributed by atoms with Crippen LogP contribution in [0.1, 0.15) is 91.2 Å². The fourth-order valence-corrected chi connectivity index (χ4v) is 9.56. The number of nitrogens with one attached hydrogen (secondary N) is 2. The molecule has 0 bridgehead atoms. The summed E-state index contributed by atoms with van der Waals surface area (Å²) in [6, 6.07) is 0. The number of nitrogen functional groups attached to an aromatic ring is 1. The molecule has 29 heteroatoms. The highest BCUT2D eigenvalue weighted by atomic mass is 32.2. The summed E-state index contributed by atoms with van der Waals surface area (Å²) in [4.78, 5) is 88.1. The number of hydrogen-bond acceptors (Lipinski definition) is 19. The van der Waals surface area contributed by atoms with E-state index in [9.17, 15) is 63.0 Å². The van der Waals surface area contributed by atoms with Crippen LogP contribution in [0.3, 0.4) is 0 Å². The zero-order chi connectivity index (χ0) is 46.3. The minimum atomic E-state index is -5.58. The molecule has 354 valence electrons. The number of hydrogen-bond donors (Lipinski definition) is 10. The van der Waals surface area contributed by atoms with Crippen LogP contribution >= 0.6 is 35.2 Å². The molecule has 0 aliphatic carbocycles. The van der Waals surface area contributed by atoms with Crippen molar-refractivity contribution in [1.29, 1.82) is 0 Å². The number of carbonyl (C=O) groups is 3. The van der Waals surface area contributed by atoms with Gasteiger partial charge in [0.15, 0.2) is 22.8 Å². The Balaban J connectivity index is 1.39. The Morgan fingerprint density at radius 1 is 0.968 bits per heavy atom. The molecule has 62 heavy (non-hydrogen) atoms. The first-order valence-electron chi connectivity index (χ1n) is 19.7. The average molecular weight is 966 g/mol. The van der Waals surface area contributed by atoms with Gasteiger partial charge in [0.1, 0.15) is 36.3 Å². The summed E-state index contributed by atoms with van der Waals surface area (Å²) >= 11 is 0.991. The van der Waals surface area contributed by atoms with Gasteiger partial charge in [-0.05, 0) is 6.42 Å². The van der Waals surface area contributed by atoms with E-state index in [2.05, 4.69) is 41.3 Å². The van der Waals surface area contributed by atoms with Gasteiger partial charge < -0.3 is 56.0 Å². The number of phosphoric ester groups is 3. The van der Waals surface area contributed by atoms with E-state index in [0.29, 0.717) is 6.42 Å². The highest BCUT2D eigenvalue weighted by Gasteiger charge is 2.50. The van der Waals surface area contributed by atoms with E-state index >= 15 is 0 Å². The highest BCUT2D eigenvalue weighted by Crippen LogP contribution is 2.61. The number of ether oxygens (including phenoxy) is 1. The zero-order valence-electron chi connectivity index (χ0n) is 34.5. The van der Waals surface area contributed by atoms with E-state index < -0.39 is 90.7 Å². The number of aromatic nitrogens is 4. The van der Waals surface area contributed by atoms with Crippen molar-refractivity contribution in [2.75, 3.05) is 37.8 Å². The summed E-state index contributed by atoms with van der Waals surface area (Å²) in [5.41, 5.74) is 4.25. The first-order chi connectivity index (χ1) is 28.9. The predicted molar refractivity (Wildman–Crippen MR) is 220 cm³/mol. The maximum atomic E-state index is 12.7. The van der Waals surface area contributed by atoms with Crippen molar-refractivity contribution < 1.29 is 85.6 Å². The monoisotopic (exact) mass is 965 g/mol. The molecule has 1 aliphatic rings. The van der Waals surface area contributed by atoms with Gasteiger partial charge in [0.2, 0.25) is 11.8 Å². The molecular weight excluding hydrogens is 907 g/mol. The van der Waals surface area contributed by atoms with Crippen LogP contribution < -0.4 is 16.4 Å². The molecule has 3 rings (SSSR count). The largest absolute Gasteiger partial charge is 0.481 e. The number of amides is 2. The van der Waals surface area contributed by atoms with Gasteiger partial charge >= 0.3 is 23.5 Å². The molecule has 3 heterocycles. The summed E-state index contributed by atoms with van der Waals surface area (Å²) in [6.45, 7) is 2.55. The van der Waals surface area contributed by atoms with Gasteiger partial charge in [-0.15, -0.1) is 0 Å². The van der Waals surface area contributed by atoms with E-state index in [4.69, 9.17) is 19.5 Å². The lowest BCUT2D eigenvalue weighted by Crippen LogP contribution is -2.46. The molecule has 0 saturated carbocycles. The fraction of sp³-hybridized carbons (Fsp3) is 0.758. The maximum absolute atomic E-state index is 12.7. The van der Waals surface area contributed by atoms with Gasteiger partial charge in [0.25, 0.3) is 0 Å². The molecule has 0 aromatic carbocycles. The number of aliphatic hydroxyl groups is 3. The van der Waals surface area contributed by atoms with E-state index in [1.807, 2.05) is 0 Å². The first-order valence-corrected chi connectivity index (χ1v) is 25.2.